The monoisotopic (exact) mass is 277 g/mol. The van der Waals surface area contributed by atoms with Gasteiger partial charge in [0.2, 0.25) is 0 Å². The molecule has 2 aromatic rings. The largest absolute Gasteiger partial charge is 0.468 e. The van der Waals surface area contributed by atoms with Crippen molar-refractivity contribution in [2.45, 2.75) is 5.16 Å². The Morgan fingerprint density at radius 1 is 1.32 bits per heavy atom. The highest BCUT2D eigenvalue weighted by atomic mass is 32.2. The molecule has 0 fully saturated rings. The smallest absolute Gasteiger partial charge is 0.316 e. The molecule has 0 bridgehead atoms. The quantitative estimate of drug-likeness (QED) is 0.484. The van der Waals surface area contributed by atoms with E-state index < -0.39 is 0 Å². The Hall–Kier alpha value is -1.82. The van der Waals surface area contributed by atoms with Crippen molar-refractivity contribution in [3.05, 3.63) is 24.3 Å². The maximum absolute atomic E-state index is 11.2. The number of methoxy groups -OCH3 is 1. The second-order valence-electron chi connectivity index (χ2n) is 4.11. The average molecular weight is 277 g/mol. The Bertz CT molecular complexity index is 601. The van der Waals surface area contributed by atoms with Gasteiger partial charge in [-0.3, -0.25) is 4.79 Å². The minimum absolute atomic E-state index is 0.210. The van der Waals surface area contributed by atoms with E-state index in [1.54, 1.807) is 0 Å². The van der Waals surface area contributed by atoms with Crippen LogP contribution in [0.1, 0.15) is 0 Å². The summed E-state index contributed by atoms with van der Waals surface area (Å²) in [6, 6.07) is 7.81. The lowest BCUT2D eigenvalue weighted by Crippen LogP contribution is -2.12. The van der Waals surface area contributed by atoms with Gasteiger partial charge in [-0.2, -0.15) is 0 Å². The van der Waals surface area contributed by atoms with E-state index in [1.807, 2.05) is 43.3 Å². The maximum Gasteiger partial charge on any atom is 0.316 e. The molecule has 0 saturated heterocycles. The predicted molar refractivity (Wildman–Crippen MR) is 76.6 cm³/mol. The van der Waals surface area contributed by atoms with Crippen molar-refractivity contribution in [3.8, 4) is 0 Å². The molecule has 100 valence electrons. The van der Waals surface area contributed by atoms with Gasteiger partial charge in [-0.25, -0.2) is 9.97 Å². The van der Waals surface area contributed by atoms with Crippen molar-refractivity contribution < 1.29 is 9.53 Å². The number of anilines is 1. The fourth-order valence-corrected chi connectivity index (χ4v) is 2.31. The summed E-state index contributed by atoms with van der Waals surface area (Å²) in [5.74, 6) is 0.771. The molecular formula is C13H15N3O2S. The Kier molecular flexibility index (Phi) is 4.21. The molecule has 0 aliphatic heterocycles. The molecule has 0 N–H and O–H groups in total. The van der Waals surface area contributed by atoms with Crippen LogP contribution in [0.2, 0.25) is 0 Å². The second kappa shape index (κ2) is 5.88. The molecule has 1 heterocycles. The summed E-state index contributed by atoms with van der Waals surface area (Å²) in [6.07, 6.45) is 0. The highest BCUT2D eigenvalue weighted by Gasteiger charge is 2.11. The van der Waals surface area contributed by atoms with E-state index in [2.05, 4.69) is 14.7 Å². The molecule has 1 aromatic carbocycles. The van der Waals surface area contributed by atoms with Gasteiger partial charge >= 0.3 is 5.97 Å². The molecule has 2 rings (SSSR count). The van der Waals surface area contributed by atoms with Crippen molar-refractivity contribution in [1.82, 2.24) is 9.97 Å². The number of hydrogen-bond donors (Lipinski definition) is 0. The van der Waals surface area contributed by atoms with Crippen LogP contribution in [0.5, 0.6) is 0 Å². The molecule has 0 radical (unpaired) electrons. The normalized spacial score (nSPS) is 10.5. The number of benzene rings is 1. The number of carbonyl (C=O) groups is 1. The number of rotatable bonds is 4. The summed E-state index contributed by atoms with van der Waals surface area (Å²) in [5, 5.41) is 1.57. The van der Waals surface area contributed by atoms with Gasteiger partial charge in [0.05, 0.1) is 18.4 Å². The number of hydrogen-bond acceptors (Lipinski definition) is 6. The summed E-state index contributed by atoms with van der Waals surface area (Å²) in [4.78, 5) is 22.0. The van der Waals surface area contributed by atoms with Crippen molar-refractivity contribution in [3.63, 3.8) is 0 Å². The average Bonchev–Trinajstić information content (AvgIpc) is 2.43. The fraction of sp³-hybridized carbons (Fsp3) is 0.308. The van der Waals surface area contributed by atoms with Gasteiger partial charge in [-0.1, -0.05) is 23.9 Å². The number of aromatic nitrogens is 2. The molecule has 5 nitrogen and oxygen atoms in total. The zero-order valence-electron chi connectivity index (χ0n) is 11.1. The number of thioether (sulfide) groups is 1. The van der Waals surface area contributed by atoms with E-state index in [0.717, 1.165) is 16.7 Å². The fourth-order valence-electron chi connectivity index (χ4n) is 1.63. The number of esters is 1. The van der Waals surface area contributed by atoms with Crippen LogP contribution < -0.4 is 4.90 Å². The first-order valence-corrected chi connectivity index (χ1v) is 6.74. The molecule has 0 amide bonds. The first kappa shape index (κ1) is 13.6. The summed E-state index contributed by atoms with van der Waals surface area (Å²) >= 11 is 1.28. The third-order valence-corrected chi connectivity index (χ3v) is 3.35. The van der Waals surface area contributed by atoms with Crippen LogP contribution in [-0.2, 0) is 9.53 Å². The first-order valence-electron chi connectivity index (χ1n) is 5.75. The van der Waals surface area contributed by atoms with Crippen LogP contribution in [0.15, 0.2) is 29.4 Å². The van der Waals surface area contributed by atoms with Crippen molar-refractivity contribution in [2.24, 2.45) is 0 Å². The number of nitrogens with zero attached hydrogens (tertiary/aromatic N) is 3. The molecule has 0 spiro atoms. The molecular weight excluding hydrogens is 262 g/mol. The Morgan fingerprint density at radius 2 is 2.05 bits per heavy atom. The number of ether oxygens (including phenoxy) is 1. The molecule has 0 saturated carbocycles. The standard InChI is InChI=1S/C13H15N3O2S/c1-16(2)12-9-6-4-5-7-10(9)14-13(15-12)19-8-11(17)18-3/h4-7H,8H2,1-3H3. The van der Waals surface area contributed by atoms with Crippen LogP contribution in [0.3, 0.4) is 0 Å². The van der Waals surface area contributed by atoms with Gasteiger partial charge < -0.3 is 9.64 Å². The number of carbonyl (C=O) groups excluding carboxylic acids is 1. The van der Waals surface area contributed by atoms with Crippen molar-refractivity contribution >= 4 is 34.5 Å². The summed E-state index contributed by atoms with van der Waals surface area (Å²) in [6.45, 7) is 0. The van der Waals surface area contributed by atoms with Crippen LogP contribution in [0.4, 0.5) is 5.82 Å². The first-order chi connectivity index (χ1) is 9.11. The van der Waals surface area contributed by atoms with Crippen LogP contribution in [-0.4, -0.2) is 42.9 Å². The van der Waals surface area contributed by atoms with E-state index in [1.165, 1.54) is 18.9 Å². The number of para-hydroxylation sites is 1. The van der Waals surface area contributed by atoms with Crippen LogP contribution in [0.25, 0.3) is 10.9 Å². The molecule has 1 aromatic heterocycles. The molecule has 0 aliphatic carbocycles. The SMILES string of the molecule is COC(=O)CSc1nc(N(C)C)c2ccccc2n1. The lowest BCUT2D eigenvalue weighted by Gasteiger charge is -2.14. The highest BCUT2D eigenvalue weighted by molar-refractivity contribution is 7.99. The highest BCUT2D eigenvalue weighted by Crippen LogP contribution is 2.25. The molecule has 0 atom stereocenters. The summed E-state index contributed by atoms with van der Waals surface area (Å²) in [7, 11) is 5.24. The Balaban J connectivity index is 2.38. The van der Waals surface area contributed by atoms with E-state index in [0.29, 0.717) is 5.16 Å². The third-order valence-electron chi connectivity index (χ3n) is 2.53. The van der Waals surface area contributed by atoms with Crippen molar-refractivity contribution in [2.75, 3.05) is 31.9 Å². The van der Waals surface area contributed by atoms with E-state index in [4.69, 9.17) is 0 Å². The van der Waals surface area contributed by atoms with Gasteiger partial charge in [0.15, 0.2) is 5.16 Å². The topological polar surface area (TPSA) is 55.3 Å². The minimum Gasteiger partial charge on any atom is -0.468 e. The molecule has 0 aliphatic rings. The molecule has 6 heteroatoms. The summed E-state index contributed by atoms with van der Waals surface area (Å²) < 4.78 is 4.61. The Labute approximate surface area is 116 Å². The Morgan fingerprint density at radius 3 is 2.74 bits per heavy atom. The summed E-state index contributed by atoms with van der Waals surface area (Å²) in [5.41, 5.74) is 0.869. The van der Waals surface area contributed by atoms with Gasteiger partial charge in [0.1, 0.15) is 5.82 Å². The van der Waals surface area contributed by atoms with E-state index in [9.17, 15) is 4.79 Å². The molecule has 19 heavy (non-hydrogen) atoms. The van der Waals surface area contributed by atoms with Crippen LogP contribution >= 0.6 is 11.8 Å². The van der Waals surface area contributed by atoms with E-state index >= 15 is 0 Å². The lowest BCUT2D eigenvalue weighted by molar-refractivity contribution is -0.137. The van der Waals surface area contributed by atoms with Crippen LogP contribution in [0, 0.1) is 0 Å². The van der Waals surface area contributed by atoms with Gasteiger partial charge in [-0.05, 0) is 12.1 Å². The predicted octanol–water partition coefficient (Wildman–Crippen LogP) is 1.96. The van der Waals surface area contributed by atoms with Gasteiger partial charge in [-0.15, -0.1) is 0 Å². The second-order valence-corrected chi connectivity index (χ2v) is 5.05. The minimum atomic E-state index is -0.284. The lowest BCUT2D eigenvalue weighted by atomic mass is 10.2. The third kappa shape index (κ3) is 3.14. The number of fused-ring (bicyclic) bond motifs is 1. The van der Waals surface area contributed by atoms with Gasteiger partial charge in [0.25, 0.3) is 0 Å². The molecule has 0 unspecified atom stereocenters. The van der Waals surface area contributed by atoms with Crippen molar-refractivity contribution in [1.29, 1.82) is 0 Å². The maximum atomic E-state index is 11.2. The van der Waals surface area contributed by atoms with E-state index in [-0.39, 0.29) is 11.7 Å². The zero-order chi connectivity index (χ0) is 13.8. The zero-order valence-corrected chi connectivity index (χ0v) is 11.9. The van der Waals surface area contributed by atoms with Gasteiger partial charge in [0, 0.05) is 19.5 Å².